The van der Waals surface area contributed by atoms with Crippen LogP contribution in [-0.2, 0) is 4.74 Å². The molecule has 2 rings (SSSR count). The number of likely N-dealkylation sites (tertiary alicyclic amines) is 1. The van der Waals surface area contributed by atoms with E-state index in [1.54, 1.807) is 0 Å². The fourth-order valence-corrected chi connectivity index (χ4v) is 3.03. The van der Waals surface area contributed by atoms with Gasteiger partial charge >= 0.3 is 0 Å². The van der Waals surface area contributed by atoms with Gasteiger partial charge in [-0.25, -0.2) is 0 Å². The Bertz CT molecular complexity index is 368. The van der Waals surface area contributed by atoms with E-state index in [0.717, 1.165) is 32.7 Å². The Hall–Kier alpha value is -0.900. The minimum atomic E-state index is 0.300. The van der Waals surface area contributed by atoms with E-state index in [1.807, 2.05) is 6.92 Å². The van der Waals surface area contributed by atoms with E-state index in [2.05, 4.69) is 42.2 Å². The van der Waals surface area contributed by atoms with Crippen LogP contribution in [0.1, 0.15) is 31.9 Å². The molecule has 3 atom stereocenters. The summed E-state index contributed by atoms with van der Waals surface area (Å²) in [5.41, 5.74) is 7.64. The highest BCUT2D eigenvalue weighted by Gasteiger charge is 2.33. The highest BCUT2D eigenvalue weighted by atomic mass is 16.5. The van der Waals surface area contributed by atoms with Crippen molar-refractivity contribution in [3.05, 3.63) is 35.9 Å². The van der Waals surface area contributed by atoms with Crippen LogP contribution in [0.3, 0.4) is 0 Å². The van der Waals surface area contributed by atoms with Crippen molar-refractivity contribution < 1.29 is 4.74 Å². The SMILES string of the molecule is CCOCCN1CC[C@H](N)[C@@H](C)C1c1ccccc1. The van der Waals surface area contributed by atoms with Gasteiger partial charge < -0.3 is 10.5 Å². The van der Waals surface area contributed by atoms with E-state index in [9.17, 15) is 0 Å². The zero-order valence-electron chi connectivity index (χ0n) is 12.1. The zero-order chi connectivity index (χ0) is 13.7. The Morgan fingerprint density at radius 3 is 2.74 bits per heavy atom. The molecule has 0 amide bonds. The van der Waals surface area contributed by atoms with Crippen molar-refractivity contribution in [2.45, 2.75) is 32.4 Å². The second-order valence-corrected chi connectivity index (χ2v) is 5.40. The first kappa shape index (κ1) is 14.5. The van der Waals surface area contributed by atoms with Crippen LogP contribution in [0.5, 0.6) is 0 Å². The fourth-order valence-electron chi connectivity index (χ4n) is 3.03. The van der Waals surface area contributed by atoms with E-state index in [-0.39, 0.29) is 0 Å². The second-order valence-electron chi connectivity index (χ2n) is 5.40. The first-order chi connectivity index (χ1) is 9.24. The summed E-state index contributed by atoms with van der Waals surface area (Å²) in [7, 11) is 0. The largest absolute Gasteiger partial charge is 0.380 e. The Balaban J connectivity index is 2.11. The fraction of sp³-hybridized carbons (Fsp3) is 0.625. The third kappa shape index (κ3) is 3.56. The maximum Gasteiger partial charge on any atom is 0.0593 e. The van der Waals surface area contributed by atoms with Crippen molar-refractivity contribution >= 4 is 0 Å². The molecule has 0 radical (unpaired) electrons. The zero-order valence-corrected chi connectivity index (χ0v) is 12.1. The molecule has 0 spiro atoms. The number of piperidine rings is 1. The smallest absolute Gasteiger partial charge is 0.0593 e. The second kappa shape index (κ2) is 7.04. The van der Waals surface area contributed by atoms with Gasteiger partial charge in [-0.3, -0.25) is 4.90 Å². The Morgan fingerprint density at radius 1 is 1.32 bits per heavy atom. The normalized spacial score (nSPS) is 28.5. The molecule has 19 heavy (non-hydrogen) atoms. The average Bonchev–Trinajstić information content (AvgIpc) is 2.44. The van der Waals surface area contributed by atoms with Gasteiger partial charge in [-0.2, -0.15) is 0 Å². The summed E-state index contributed by atoms with van der Waals surface area (Å²) in [6.45, 7) is 7.97. The number of nitrogens with zero attached hydrogens (tertiary/aromatic N) is 1. The van der Waals surface area contributed by atoms with Gasteiger partial charge in [0.05, 0.1) is 6.61 Å². The lowest BCUT2D eigenvalue weighted by molar-refractivity contribution is 0.0464. The van der Waals surface area contributed by atoms with E-state index in [1.165, 1.54) is 5.56 Å². The van der Waals surface area contributed by atoms with E-state index < -0.39 is 0 Å². The van der Waals surface area contributed by atoms with E-state index in [4.69, 9.17) is 10.5 Å². The molecule has 1 aliphatic heterocycles. The van der Waals surface area contributed by atoms with Crippen molar-refractivity contribution in [3.8, 4) is 0 Å². The summed E-state index contributed by atoms with van der Waals surface area (Å²) >= 11 is 0. The van der Waals surface area contributed by atoms with Gasteiger partial charge in [-0.05, 0) is 24.8 Å². The van der Waals surface area contributed by atoms with Crippen molar-refractivity contribution in [3.63, 3.8) is 0 Å². The first-order valence-corrected chi connectivity index (χ1v) is 7.36. The van der Waals surface area contributed by atoms with Gasteiger partial charge in [0.25, 0.3) is 0 Å². The molecule has 3 nitrogen and oxygen atoms in total. The Morgan fingerprint density at radius 2 is 2.05 bits per heavy atom. The molecule has 1 heterocycles. The van der Waals surface area contributed by atoms with Crippen LogP contribution < -0.4 is 5.73 Å². The molecule has 1 aromatic rings. The molecule has 1 aromatic carbocycles. The minimum Gasteiger partial charge on any atom is -0.380 e. The van der Waals surface area contributed by atoms with Crippen molar-refractivity contribution in [2.75, 3.05) is 26.3 Å². The number of hydrogen-bond donors (Lipinski definition) is 1. The van der Waals surface area contributed by atoms with Crippen molar-refractivity contribution in [1.82, 2.24) is 4.90 Å². The quantitative estimate of drug-likeness (QED) is 0.828. The predicted octanol–water partition coefficient (Wildman–Crippen LogP) is 2.43. The molecular formula is C16H26N2O. The third-order valence-corrected chi connectivity index (χ3v) is 4.18. The van der Waals surface area contributed by atoms with Crippen LogP contribution in [0.25, 0.3) is 0 Å². The molecule has 1 fully saturated rings. The number of ether oxygens (including phenoxy) is 1. The topological polar surface area (TPSA) is 38.5 Å². The van der Waals surface area contributed by atoms with Gasteiger partial charge in [0.2, 0.25) is 0 Å². The summed E-state index contributed by atoms with van der Waals surface area (Å²) < 4.78 is 5.51. The lowest BCUT2D eigenvalue weighted by atomic mass is 9.83. The molecule has 106 valence electrons. The predicted molar refractivity (Wildman–Crippen MR) is 79.0 cm³/mol. The number of rotatable bonds is 5. The summed E-state index contributed by atoms with van der Waals surface area (Å²) in [6.07, 6.45) is 1.08. The first-order valence-electron chi connectivity index (χ1n) is 7.36. The van der Waals surface area contributed by atoms with E-state index in [0.29, 0.717) is 18.0 Å². The molecule has 1 unspecified atom stereocenters. The molecule has 0 saturated carbocycles. The standard InChI is InChI=1S/C16H26N2O/c1-3-19-12-11-18-10-9-15(17)13(2)16(18)14-7-5-4-6-8-14/h4-8,13,15-16H,3,9-12,17H2,1-2H3/t13-,15+,16?/m1/s1. The lowest BCUT2D eigenvalue weighted by Crippen LogP contribution is -2.48. The van der Waals surface area contributed by atoms with Crippen LogP contribution in [0, 0.1) is 5.92 Å². The van der Waals surface area contributed by atoms with Crippen LogP contribution in [-0.4, -0.2) is 37.2 Å². The van der Waals surface area contributed by atoms with Crippen LogP contribution in [0.15, 0.2) is 30.3 Å². The Kier molecular flexibility index (Phi) is 5.37. The summed E-state index contributed by atoms with van der Waals surface area (Å²) in [5.74, 6) is 0.484. The molecule has 1 aliphatic rings. The monoisotopic (exact) mass is 262 g/mol. The molecule has 0 aliphatic carbocycles. The molecular weight excluding hydrogens is 236 g/mol. The molecule has 0 aromatic heterocycles. The Labute approximate surface area is 116 Å². The van der Waals surface area contributed by atoms with Crippen molar-refractivity contribution in [1.29, 1.82) is 0 Å². The van der Waals surface area contributed by atoms with Gasteiger partial charge in [0, 0.05) is 31.8 Å². The average molecular weight is 262 g/mol. The van der Waals surface area contributed by atoms with Gasteiger partial charge in [-0.1, -0.05) is 37.3 Å². The maximum atomic E-state index is 6.27. The highest BCUT2D eigenvalue weighted by molar-refractivity contribution is 5.21. The van der Waals surface area contributed by atoms with E-state index >= 15 is 0 Å². The van der Waals surface area contributed by atoms with Crippen molar-refractivity contribution in [2.24, 2.45) is 11.7 Å². The molecule has 2 N–H and O–H groups in total. The maximum absolute atomic E-state index is 6.27. The lowest BCUT2D eigenvalue weighted by Gasteiger charge is -2.43. The number of nitrogens with two attached hydrogens (primary N) is 1. The van der Waals surface area contributed by atoms with Gasteiger partial charge in [-0.15, -0.1) is 0 Å². The summed E-state index contributed by atoms with van der Waals surface area (Å²) in [5, 5.41) is 0. The molecule has 3 heteroatoms. The molecule has 1 saturated heterocycles. The van der Waals surface area contributed by atoms with Crippen LogP contribution in [0.2, 0.25) is 0 Å². The highest BCUT2D eigenvalue weighted by Crippen LogP contribution is 2.34. The summed E-state index contributed by atoms with van der Waals surface area (Å²) in [4.78, 5) is 2.53. The third-order valence-electron chi connectivity index (χ3n) is 4.18. The van der Waals surface area contributed by atoms with Gasteiger partial charge in [0.1, 0.15) is 0 Å². The number of benzene rings is 1. The summed E-state index contributed by atoms with van der Waals surface area (Å²) in [6, 6.07) is 11.5. The minimum absolute atomic E-state index is 0.300. The number of hydrogen-bond acceptors (Lipinski definition) is 3. The molecule has 0 bridgehead atoms. The van der Waals surface area contributed by atoms with Crippen LogP contribution >= 0.6 is 0 Å². The van der Waals surface area contributed by atoms with Gasteiger partial charge in [0.15, 0.2) is 0 Å². The van der Waals surface area contributed by atoms with Crippen LogP contribution in [0.4, 0.5) is 0 Å².